The fourth-order valence-corrected chi connectivity index (χ4v) is 2.80. The van der Waals surface area contributed by atoms with Gasteiger partial charge in [-0.1, -0.05) is 60.6 Å². The Hall–Kier alpha value is -2.33. The molecule has 0 bridgehead atoms. The molecule has 0 spiro atoms. The molecule has 0 radical (unpaired) electrons. The molecule has 1 nitrogen and oxygen atoms in total. The van der Waals surface area contributed by atoms with Crippen LogP contribution >= 0.6 is 0 Å². The minimum atomic E-state index is -4.45. The van der Waals surface area contributed by atoms with Crippen LogP contribution in [0.25, 0.3) is 10.8 Å². The van der Waals surface area contributed by atoms with E-state index in [0.717, 1.165) is 12.1 Å². The van der Waals surface area contributed by atoms with E-state index in [2.05, 4.69) is 5.32 Å². The number of benzene rings is 3. The molecule has 4 heteroatoms. The molecule has 3 rings (SSSR count). The quantitative estimate of drug-likeness (QED) is 0.519. The van der Waals surface area contributed by atoms with Crippen molar-refractivity contribution in [3.63, 3.8) is 0 Å². The molecule has 0 unspecified atom stereocenters. The van der Waals surface area contributed by atoms with Gasteiger partial charge in [0.2, 0.25) is 0 Å². The molecule has 0 heterocycles. The Morgan fingerprint density at radius 3 is 2.81 bits per heavy atom. The number of alkyl halides is 3. The van der Waals surface area contributed by atoms with E-state index in [1.54, 1.807) is 30.3 Å². The molecule has 1 atom stereocenters. The molecule has 0 amide bonds. The summed E-state index contributed by atoms with van der Waals surface area (Å²) >= 11 is 0. The van der Waals surface area contributed by atoms with Crippen molar-refractivity contribution in [3.05, 3.63) is 83.4 Å². The van der Waals surface area contributed by atoms with Gasteiger partial charge in [-0.2, -0.15) is 13.2 Å². The van der Waals surface area contributed by atoms with Crippen LogP contribution in [0.3, 0.4) is 0 Å². The summed E-state index contributed by atoms with van der Waals surface area (Å²) in [7, 11) is 0. The summed E-state index contributed by atoms with van der Waals surface area (Å²) in [5, 5.41) is 3.65. The number of hydrogen-bond acceptors (Lipinski definition) is 1. The third kappa shape index (κ3) is 4.44. The number of halogens is 3. The Labute approximate surface area is 160 Å². The Kier molecular flexibility index (Phi) is 3.69. The van der Waals surface area contributed by atoms with Crippen LogP contribution in [0.5, 0.6) is 0 Å². The molecule has 0 aliphatic heterocycles. The molecule has 1 N–H and O–H groups in total. The molecule has 0 aromatic heterocycles. The zero-order chi connectivity index (χ0) is 23.7. The first kappa shape index (κ1) is 12.1. The molecule has 26 heavy (non-hydrogen) atoms. The summed E-state index contributed by atoms with van der Waals surface area (Å²) in [6, 6.07) is 10.2. The fraction of sp³-hybridized carbons (Fsp3) is 0.273. The van der Waals surface area contributed by atoms with Crippen molar-refractivity contribution in [1.82, 2.24) is 5.32 Å². The van der Waals surface area contributed by atoms with Gasteiger partial charge in [0.05, 0.1) is 9.68 Å². The summed E-state index contributed by atoms with van der Waals surface area (Å²) < 4.78 is 87.8. The molecule has 3 aromatic rings. The molecule has 0 aliphatic carbocycles. The van der Waals surface area contributed by atoms with Gasteiger partial charge in [-0.15, -0.1) is 0 Å². The van der Waals surface area contributed by atoms with Crippen molar-refractivity contribution in [2.45, 2.75) is 31.9 Å². The highest BCUT2D eigenvalue weighted by molar-refractivity contribution is 5.86. The molecule has 0 saturated carbocycles. The second kappa shape index (κ2) is 7.92. The van der Waals surface area contributed by atoms with Crippen molar-refractivity contribution in [1.29, 1.82) is 0 Å². The Balaban J connectivity index is 1.86. The van der Waals surface area contributed by atoms with Crippen LogP contribution in [0.15, 0.2) is 66.7 Å². The molecule has 136 valence electrons. The van der Waals surface area contributed by atoms with Gasteiger partial charge in [0, 0.05) is 10.1 Å². The van der Waals surface area contributed by atoms with Crippen molar-refractivity contribution >= 4 is 10.8 Å². The first-order valence-electron chi connectivity index (χ1n) is 11.3. The molecule has 0 aliphatic rings. The van der Waals surface area contributed by atoms with E-state index in [1.165, 1.54) is 12.1 Å². The number of nitrogens with one attached hydrogen (secondary N) is 1. The molecule has 3 aromatic carbocycles. The minimum Gasteiger partial charge on any atom is -0.310 e. The summed E-state index contributed by atoms with van der Waals surface area (Å²) in [5.41, 5.74) is -0.414. The monoisotopic (exact) mass is 363 g/mol. The Morgan fingerprint density at radius 1 is 1.15 bits per heavy atom. The van der Waals surface area contributed by atoms with E-state index in [9.17, 15) is 13.2 Å². The summed E-state index contributed by atoms with van der Waals surface area (Å²) in [6.07, 6.45) is -3.91. The lowest BCUT2D eigenvalue weighted by Crippen LogP contribution is -2.20. The van der Waals surface area contributed by atoms with Gasteiger partial charge in [0.15, 0.2) is 0 Å². The lowest BCUT2D eigenvalue weighted by Gasteiger charge is -2.17. The van der Waals surface area contributed by atoms with Crippen LogP contribution in [0.2, 0.25) is 0 Å². The first-order chi connectivity index (χ1) is 14.8. The standard InChI is InChI=1S/C22H22F3N/c1-16(20-13-5-10-18-9-2-3-12-21(18)20)26-14-6-8-17-7-4-11-19(15-17)22(23,24)25/h2-5,7,9-13,15-16,26H,6,8,14H2,1H3/t16-/m1/s1/i1D3,5D,13D,16D. The van der Waals surface area contributed by atoms with Crippen LogP contribution in [0.1, 0.15) is 44.2 Å². The zero-order valence-electron chi connectivity index (χ0n) is 20.0. The van der Waals surface area contributed by atoms with Gasteiger partial charge in [0.25, 0.3) is 0 Å². The minimum absolute atomic E-state index is 0.0220. The number of rotatable bonds is 6. The van der Waals surface area contributed by atoms with Crippen LogP contribution in [0.4, 0.5) is 13.2 Å². The maximum Gasteiger partial charge on any atom is 0.416 e. The van der Waals surface area contributed by atoms with E-state index >= 15 is 0 Å². The second-order valence-electron chi connectivity index (χ2n) is 5.98. The normalized spacial score (nSPS) is 18.1. The molecule has 0 fully saturated rings. The van der Waals surface area contributed by atoms with Crippen molar-refractivity contribution in [2.24, 2.45) is 0 Å². The Morgan fingerprint density at radius 2 is 2.00 bits per heavy atom. The third-order valence-corrected chi connectivity index (χ3v) is 4.10. The summed E-state index contributed by atoms with van der Waals surface area (Å²) in [5.74, 6) is 0. The molecular weight excluding hydrogens is 335 g/mol. The largest absolute Gasteiger partial charge is 0.416 e. The first-order valence-corrected chi connectivity index (χ1v) is 8.25. The Bertz CT molecular complexity index is 1110. The lowest BCUT2D eigenvalue weighted by atomic mass is 9.99. The zero-order valence-corrected chi connectivity index (χ0v) is 14.0. The molecular formula is C22H22F3N. The average Bonchev–Trinajstić information content (AvgIpc) is 2.71. The SMILES string of the molecule is [2H]c1cc2ccccc2c([C@]([2H])(NCCCc2cccc(C(F)(F)F)c2)C([2H])([2H])[2H])c1[2H]. The lowest BCUT2D eigenvalue weighted by molar-refractivity contribution is -0.137. The van der Waals surface area contributed by atoms with Crippen molar-refractivity contribution in [3.8, 4) is 0 Å². The van der Waals surface area contributed by atoms with E-state index in [-0.39, 0.29) is 37.0 Å². The summed E-state index contributed by atoms with van der Waals surface area (Å²) in [6.45, 7) is -2.84. The van der Waals surface area contributed by atoms with Gasteiger partial charge >= 0.3 is 6.18 Å². The predicted molar refractivity (Wildman–Crippen MR) is 100 cm³/mol. The molecule has 0 saturated heterocycles. The summed E-state index contributed by atoms with van der Waals surface area (Å²) in [4.78, 5) is 0. The highest BCUT2D eigenvalue weighted by Gasteiger charge is 2.30. The van der Waals surface area contributed by atoms with E-state index < -0.39 is 24.6 Å². The van der Waals surface area contributed by atoms with Crippen molar-refractivity contribution in [2.75, 3.05) is 6.54 Å². The maximum atomic E-state index is 12.9. The van der Waals surface area contributed by atoms with E-state index in [0.29, 0.717) is 16.3 Å². The highest BCUT2D eigenvalue weighted by Crippen LogP contribution is 2.29. The van der Waals surface area contributed by atoms with Crippen LogP contribution < -0.4 is 5.32 Å². The fourth-order valence-electron chi connectivity index (χ4n) is 2.80. The van der Waals surface area contributed by atoms with E-state index in [4.69, 9.17) is 8.22 Å². The number of aryl methyl sites for hydroxylation is 1. The van der Waals surface area contributed by atoms with Crippen molar-refractivity contribution < 1.29 is 21.4 Å². The van der Waals surface area contributed by atoms with Crippen LogP contribution in [-0.4, -0.2) is 6.54 Å². The topological polar surface area (TPSA) is 12.0 Å². The maximum absolute atomic E-state index is 12.9. The van der Waals surface area contributed by atoms with Crippen LogP contribution in [0, 0.1) is 0 Å². The smallest absolute Gasteiger partial charge is 0.310 e. The predicted octanol–water partition coefficient (Wildman–Crippen LogP) is 6.14. The number of fused-ring (bicyclic) bond motifs is 1. The number of hydrogen-bond donors (Lipinski definition) is 1. The van der Waals surface area contributed by atoms with Gasteiger partial charge < -0.3 is 5.32 Å². The second-order valence-corrected chi connectivity index (χ2v) is 5.98. The van der Waals surface area contributed by atoms with Gasteiger partial charge in [0.1, 0.15) is 0 Å². The van der Waals surface area contributed by atoms with E-state index in [1.807, 2.05) is 0 Å². The highest BCUT2D eigenvalue weighted by atomic mass is 19.4. The van der Waals surface area contributed by atoms with Crippen LogP contribution in [-0.2, 0) is 12.6 Å². The van der Waals surface area contributed by atoms with Gasteiger partial charge in [-0.05, 0) is 54.2 Å². The third-order valence-electron chi connectivity index (χ3n) is 4.10. The average molecular weight is 363 g/mol. The van der Waals surface area contributed by atoms with Gasteiger partial charge in [-0.3, -0.25) is 0 Å². The van der Waals surface area contributed by atoms with Gasteiger partial charge in [-0.25, -0.2) is 0 Å².